The van der Waals surface area contributed by atoms with Crippen LogP contribution in [0.5, 0.6) is 0 Å². The van der Waals surface area contributed by atoms with Gasteiger partial charge in [0.2, 0.25) is 11.8 Å². The summed E-state index contributed by atoms with van der Waals surface area (Å²) in [5, 5.41) is 3.06. The monoisotopic (exact) mass is 404 g/mol. The van der Waals surface area contributed by atoms with Gasteiger partial charge in [-0.2, -0.15) is 0 Å². The molecule has 0 radical (unpaired) electrons. The SMILES string of the molecule is CCCNC(=O)[C@H](CC)N(Cc1ccccc1)C(=O)Cc1c(F)cccc1Cl. The van der Waals surface area contributed by atoms with Crippen LogP contribution in [0.3, 0.4) is 0 Å². The maximum atomic E-state index is 14.2. The first-order chi connectivity index (χ1) is 13.5. The van der Waals surface area contributed by atoms with Gasteiger partial charge in [-0.3, -0.25) is 9.59 Å². The lowest BCUT2D eigenvalue weighted by Gasteiger charge is -2.31. The molecule has 2 aromatic carbocycles. The minimum Gasteiger partial charge on any atom is -0.354 e. The van der Waals surface area contributed by atoms with Crippen LogP contribution >= 0.6 is 11.6 Å². The number of benzene rings is 2. The molecule has 4 nitrogen and oxygen atoms in total. The van der Waals surface area contributed by atoms with E-state index in [1.165, 1.54) is 17.0 Å². The van der Waals surface area contributed by atoms with Gasteiger partial charge in [0.15, 0.2) is 0 Å². The van der Waals surface area contributed by atoms with Crippen molar-refractivity contribution in [1.82, 2.24) is 10.2 Å². The topological polar surface area (TPSA) is 49.4 Å². The number of nitrogens with zero attached hydrogens (tertiary/aromatic N) is 1. The number of hydrogen-bond acceptors (Lipinski definition) is 2. The minimum atomic E-state index is -0.634. The number of carbonyl (C=O) groups is 2. The van der Waals surface area contributed by atoms with Crippen LogP contribution in [-0.2, 0) is 22.6 Å². The number of hydrogen-bond donors (Lipinski definition) is 1. The average molecular weight is 405 g/mol. The standard InChI is InChI=1S/C22H26ClFN2O2/c1-3-13-25-22(28)20(4-2)26(15-16-9-6-5-7-10-16)21(27)14-17-18(23)11-8-12-19(17)24/h5-12,20H,3-4,13-15H2,1-2H3,(H,25,28)/t20-/m0/s1. The first kappa shape index (κ1) is 21.9. The number of halogens is 2. The van der Waals surface area contributed by atoms with Crippen molar-refractivity contribution in [3.8, 4) is 0 Å². The minimum absolute atomic E-state index is 0.149. The first-order valence-corrected chi connectivity index (χ1v) is 9.89. The highest BCUT2D eigenvalue weighted by Crippen LogP contribution is 2.22. The molecule has 0 aliphatic heterocycles. The van der Waals surface area contributed by atoms with E-state index in [0.717, 1.165) is 12.0 Å². The molecule has 0 saturated carbocycles. The molecule has 0 aliphatic rings. The fraction of sp³-hybridized carbons (Fsp3) is 0.364. The normalized spacial score (nSPS) is 11.7. The highest BCUT2D eigenvalue weighted by molar-refractivity contribution is 6.31. The van der Waals surface area contributed by atoms with Crippen LogP contribution in [0.2, 0.25) is 5.02 Å². The Hall–Kier alpha value is -2.40. The Morgan fingerprint density at radius 2 is 1.82 bits per heavy atom. The summed E-state index contributed by atoms with van der Waals surface area (Å²) in [6.45, 7) is 4.64. The lowest BCUT2D eigenvalue weighted by molar-refractivity contribution is -0.141. The van der Waals surface area contributed by atoms with Gasteiger partial charge in [0.1, 0.15) is 11.9 Å². The lowest BCUT2D eigenvalue weighted by Crippen LogP contribution is -2.49. The summed E-state index contributed by atoms with van der Waals surface area (Å²) >= 11 is 6.09. The van der Waals surface area contributed by atoms with Crippen LogP contribution in [-0.4, -0.2) is 29.3 Å². The van der Waals surface area contributed by atoms with Crippen molar-refractivity contribution in [2.45, 2.75) is 45.7 Å². The fourth-order valence-electron chi connectivity index (χ4n) is 3.02. The van der Waals surface area contributed by atoms with Crippen LogP contribution in [0.4, 0.5) is 4.39 Å². The number of nitrogens with one attached hydrogen (secondary N) is 1. The van der Waals surface area contributed by atoms with Crippen LogP contribution in [0.1, 0.15) is 37.8 Å². The van der Waals surface area contributed by atoms with Crippen molar-refractivity contribution >= 4 is 23.4 Å². The zero-order chi connectivity index (χ0) is 20.5. The van der Waals surface area contributed by atoms with Crippen molar-refractivity contribution < 1.29 is 14.0 Å². The second-order valence-electron chi connectivity index (χ2n) is 6.60. The molecule has 0 heterocycles. The summed E-state index contributed by atoms with van der Waals surface area (Å²) in [4.78, 5) is 27.3. The fourth-order valence-corrected chi connectivity index (χ4v) is 3.25. The number of amides is 2. The van der Waals surface area contributed by atoms with Gasteiger partial charge >= 0.3 is 0 Å². The average Bonchev–Trinajstić information content (AvgIpc) is 2.69. The van der Waals surface area contributed by atoms with E-state index in [4.69, 9.17) is 11.6 Å². The molecule has 2 aromatic rings. The number of rotatable bonds is 9. The van der Waals surface area contributed by atoms with Crippen molar-refractivity contribution in [2.75, 3.05) is 6.54 Å². The molecule has 28 heavy (non-hydrogen) atoms. The predicted molar refractivity (Wildman–Crippen MR) is 109 cm³/mol. The lowest BCUT2D eigenvalue weighted by atomic mass is 10.1. The van der Waals surface area contributed by atoms with Gasteiger partial charge in [0.05, 0.1) is 6.42 Å². The third-order valence-corrected chi connectivity index (χ3v) is 4.87. The van der Waals surface area contributed by atoms with E-state index in [-0.39, 0.29) is 35.4 Å². The molecule has 0 aliphatic carbocycles. The highest BCUT2D eigenvalue weighted by atomic mass is 35.5. The highest BCUT2D eigenvalue weighted by Gasteiger charge is 2.29. The Labute approximate surface area is 170 Å². The van der Waals surface area contributed by atoms with Crippen LogP contribution in [0, 0.1) is 5.82 Å². The summed E-state index contributed by atoms with van der Waals surface area (Å²) in [5.41, 5.74) is 1.05. The molecule has 0 spiro atoms. The largest absolute Gasteiger partial charge is 0.354 e. The van der Waals surface area contributed by atoms with E-state index in [1.54, 1.807) is 6.07 Å². The molecule has 2 rings (SSSR count). The van der Waals surface area contributed by atoms with E-state index in [9.17, 15) is 14.0 Å². The third-order valence-electron chi connectivity index (χ3n) is 4.52. The molecular weight excluding hydrogens is 379 g/mol. The molecule has 1 N–H and O–H groups in total. The van der Waals surface area contributed by atoms with Gasteiger partial charge in [-0.05, 0) is 30.5 Å². The zero-order valence-corrected chi connectivity index (χ0v) is 17.0. The van der Waals surface area contributed by atoms with E-state index in [2.05, 4.69) is 5.32 Å². The Morgan fingerprint density at radius 3 is 2.43 bits per heavy atom. The molecule has 150 valence electrons. The molecule has 0 saturated heterocycles. The Bertz CT molecular complexity index is 778. The van der Waals surface area contributed by atoms with Crippen molar-refractivity contribution in [1.29, 1.82) is 0 Å². The third kappa shape index (κ3) is 5.80. The molecule has 2 amide bonds. The summed E-state index contributed by atoms with van der Waals surface area (Å²) in [7, 11) is 0. The first-order valence-electron chi connectivity index (χ1n) is 9.51. The molecule has 6 heteroatoms. The van der Waals surface area contributed by atoms with Gasteiger partial charge in [-0.15, -0.1) is 0 Å². The molecule has 1 atom stereocenters. The molecule has 0 fully saturated rings. The quantitative estimate of drug-likeness (QED) is 0.675. The molecule has 0 unspecified atom stereocenters. The summed E-state index contributed by atoms with van der Waals surface area (Å²) in [6.07, 6.45) is 1.06. The summed E-state index contributed by atoms with van der Waals surface area (Å²) in [5.74, 6) is -1.06. The van der Waals surface area contributed by atoms with Gasteiger partial charge in [0, 0.05) is 23.7 Å². The second-order valence-corrected chi connectivity index (χ2v) is 7.01. The molecule has 0 bridgehead atoms. The predicted octanol–water partition coefficient (Wildman–Crippen LogP) is 4.36. The van der Waals surface area contributed by atoms with Crippen LogP contribution in [0.15, 0.2) is 48.5 Å². The Morgan fingerprint density at radius 1 is 1.11 bits per heavy atom. The second kappa shape index (κ2) is 10.8. The Kier molecular flexibility index (Phi) is 8.45. The smallest absolute Gasteiger partial charge is 0.242 e. The van der Waals surface area contributed by atoms with E-state index in [1.807, 2.05) is 44.2 Å². The van der Waals surface area contributed by atoms with E-state index in [0.29, 0.717) is 13.0 Å². The van der Waals surface area contributed by atoms with Crippen LogP contribution in [0.25, 0.3) is 0 Å². The maximum absolute atomic E-state index is 14.2. The van der Waals surface area contributed by atoms with E-state index < -0.39 is 11.9 Å². The van der Waals surface area contributed by atoms with E-state index >= 15 is 0 Å². The van der Waals surface area contributed by atoms with Gasteiger partial charge < -0.3 is 10.2 Å². The van der Waals surface area contributed by atoms with Crippen molar-refractivity contribution in [3.63, 3.8) is 0 Å². The zero-order valence-electron chi connectivity index (χ0n) is 16.3. The van der Waals surface area contributed by atoms with Crippen LogP contribution < -0.4 is 5.32 Å². The van der Waals surface area contributed by atoms with Crippen molar-refractivity contribution in [2.24, 2.45) is 0 Å². The molecule has 0 aromatic heterocycles. The van der Waals surface area contributed by atoms with Gasteiger partial charge in [-0.25, -0.2) is 4.39 Å². The molecular formula is C22H26ClFN2O2. The van der Waals surface area contributed by atoms with Gasteiger partial charge in [0.25, 0.3) is 0 Å². The summed E-state index contributed by atoms with van der Waals surface area (Å²) < 4.78 is 14.2. The van der Waals surface area contributed by atoms with Crippen molar-refractivity contribution in [3.05, 3.63) is 70.5 Å². The summed E-state index contributed by atoms with van der Waals surface area (Å²) in [6, 6.07) is 13.1. The number of carbonyl (C=O) groups excluding carboxylic acids is 2. The maximum Gasteiger partial charge on any atom is 0.242 e. The Balaban J connectivity index is 2.30. The van der Waals surface area contributed by atoms with Gasteiger partial charge in [-0.1, -0.05) is 61.8 Å².